The summed E-state index contributed by atoms with van der Waals surface area (Å²) < 4.78 is 5.84. The van der Waals surface area contributed by atoms with Gasteiger partial charge in [0.15, 0.2) is 5.69 Å². The molecule has 29 heavy (non-hydrogen) atoms. The number of rotatable bonds is 5. The highest BCUT2D eigenvalue weighted by molar-refractivity contribution is 5.92. The minimum atomic E-state index is -0.575. The number of piperidine rings is 1. The summed E-state index contributed by atoms with van der Waals surface area (Å²) in [5.41, 5.74) is 1.74. The molecule has 2 aliphatic heterocycles. The van der Waals surface area contributed by atoms with Crippen LogP contribution >= 0.6 is 0 Å². The van der Waals surface area contributed by atoms with Crippen molar-refractivity contribution in [2.24, 2.45) is 5.92 Å². The number of likely N-dealkylation sites (N-methyl/N-ethyl adjacent to an activating group) is 1. The average Bonchev–Trinajstić information content (AvgIpc) is 3.03. The maximum atomic E-state index is 13.0. The summed E-state index contributed by atoms with van der Waals surface area (Å²) in [7, 11) is 1.93. The van der Waals surface area contributed by atoms with Crippen LogP contribution in [0.5, 0.6) is 0 Å². The minimum Gasteiger partial charge on any atom is -0.449 e. The second-order valence-electron chi connectivity index (χ2n) is 8.87. The number of aromatic nitrogens is 1. The minimum absolute atomic E-state index is 0.0256. The maximum Gasteiger partial charge on any atom is 0.358 e. The standard InChI is InChI=1S/C23H33N3O3/c1-3-18-7-8-19-20(24-18)22(28)29-23(19)11-9-17(10-12-23)21(27)25(2)15-16-26-13-5-4-6-14-26/h7-8,17H,3-6,9-16H2,1-2H3. The first-order valence-electron chi connectivity index (χ1n) is 11.2. The number of likely N-dealkylation sites (tertiary alicyclic amines) is 1. The van der Waals surface area contributed by atoms with Gasteiger partial charge in [0.25, 0.3) is 0 Å². The van der Waals surface area contributed by atoms with Gasteiger partial charge < -0.3 is 14.5 Å². The van der Waals surface area contributed by atoms with E-state index in [0.717, 1.165) is 56.7 Å². The zero-order chi connectivity index (χ0) is 20.4. The monoisotopic (exact) mass is 399 g/mol. The second-order valence-corrected chi connectivity index (χ2v) is 8.87. The van der Waals surface area contributed by atoms with Crippen LogP contribution in [0.15, 0.2) is 12.1 Å². The van der Waals surface area contributed by atoms with Gasteiger partial charge in [-0.15, -0.1) is 0 Å². The molecular formula is C23H33N3O3. The molecule has 3 heterocycles. The van der Waals surface area contributed by atoms with E-state index in [2.05, 4.69) is 9.88 Å². The first kappa shape index (κ1) is 20.3. The molecule has 0 unspecified atom stereocenters. The van der Waals surface area contributed by atoms with Crippen LogP contribution in [0, 0.1) is 5.92 Å². The molecule has 1 aromatic heterocycles. The highest BCUT2D eigenvalue weighted by Crippen LogP contribution is 2.47. The number of esters is 1. The van der Waals surface area contributed by atoms with Crippen LogP contribution in [0.2, 0.25) is 0 Å². The van der Waals surface area contributed by atoms with Crippen molar-refractivity contribution in [1.29, 1.82) is 0 Å². The van der Waals surface area contributed by atoms with Crippen LogP contribution in [-0.4, -0.2) is 59.9 Å². The largest absolute Gasteiger partial charge is 0.449 e. The molecule has 3 aliphatic rings. The summed E-state index contributed by atoms with van der Waals surface area (Å²) in [6.07, 6.45) is 7.61. The van der Waals surface area contributed by atoms with E-state index >= 15 is 0 Å². The summed E-state index contributed by atoms with van der Waals surface area (Å²) >= 11 is 0. The molecule has 0 aromatic carbocycles. The van der Waals surface area contributed by atoms with Gasteiger partial charge in [-0.2, -0.15) is 0 Å². The highest BCUT2D eigenvalue weighted by Gasteiger charge is 2.49. The average molecular weight is 400 g/mol. The van der Waals surface area contributed by atoms with Crippen molar-refractivity contribution in [3.63, 3.8) is 0 Å². The van der Waals surface area contributed by atoms with E-state index in [9.17, 15) is 9.59 Å². The lowest BCUT2D eigenvalue weighted by Crippen LogP contribution is -2.43. The van der Waals surface area contributed by atoms with Crippen molar-refractivity contribution in [1.82, 2.24) is 14.8 Å². The summed E-state index contributed by atoms with van der Waals surface area (Å²) in [5, 5.41) is 0. The predicted octanol–water partition coefficient (Wildman–Crippen LogP) is 3.14. The Hall–Kier alpha value is -1.95. The Kier molecular flexibility index (Phi) is 5.91. The number of aryl methyl sites for hydroxylation is 1. The van der Waals surface area contributed by atoms with Gasteiger partial charge in [-0.05, 0) is 64.1 Å². The van der Waals surface area contributed by atoms with Gasteiger partial charge in [0.2, 0.25) is 5.91 Å². The fourth-order valence-corrected chi connectivity index (χ4v) is 5.10. The normalized spacial score (nSPS) is 27.0. The van der Waals surface area contributed by atoms with E-state index in [0.29, 0.717) is 18.5 Å². The Bertz CT molecular complexity index is 765. The van der Waals surface area contributed by atoms with Gasteiger partial charge in [-0.1, -0.05) is 19.4 Å². The van der Waals surface area contributed by atoms with E-state index in [-0.39, 0.29) is 17.8 Å². The van der Waals surface area contributed by atoms with Crippen LogP contribution in [0.1, 0.15) is 73.6 Å². The molecule has 2 fully saturated rings. The summed E-state index contributed by atoms with van der Waals surface area (Å²) in [6.45, 7) is 6.11. The molecule has 0 radical (unpaired) electrons. The smallest absolute Gasteiger partial charge is 0.358 e. The van der Waals surface area contributed by atoms with E-state index < -0.39 is 5.60 Å². The summed E-state index contributed by atoms with van der Waals surface area (Å²) in [5.74, 6) is -0.0443. The highest BCUT2D eigenvalue weighted by atomic mass is 16.6. The maximum absolute atomic E-state index is 13.0. The zero-order valence-electron chi connectivity index (χ0n) is 17.8. The second kappa shape index (κ2) is 8.42. The van der Waals surface area contributed by atoms with Gasteiger partial charge in [-0.3, -0.25) is 4.79 Å². The molecule has 1 amide bonds. The topological polar surface area (TPSA) is 62.7 Å². The van der Waals surface area contributed by atoms with Crippen LogP contribution in [0.4, 0.5) is 0 Å². The van der Waals surface area contributed by atoms with Crippen LogP contribution in [-0.2, 0) is 21.6 Å². The Balaban J connectivity index is 1.35. The van der Waals surface area contributed by atoms with Gasteiger partial charge in [-0.25, -0.2) is 9.78 Å². The van der Waals surface area contributed by atoms with Gasteiger partial charge in [0.05, 0.1) is 0 Å². The molecule has 1 saturated heterocycles. The fourth-order valence-electron chi connectivity index (χ4n) is 5.10. The van der Waals surface area contributed by atoms with Gasteiger partial charge in [0.1, 0.15) is 5.60 Å². The van der Waals surface area contributed by atoms with Crippen LogP contribution in [0.3, 0.4) is 0 Å². The molecule has 0 atom stereocenters. The third-order valence-corrected chi connectivity index (χ3v) is 7.01. The molecule has 1 aromatic rings. The Labute approximate surface area is 173 Å². The number of ether oxygens (including phenoxy) is 1. The Morgan fingerprint density at radius 3 is 2.66 bits per heavy atom. The SMILES string of the molecule is CCc1ccc2c(n1)C(=O)OC21CCC(C(=O)N(C)CCN2CCCCC2)CC1. The number of nitrogens with zero attached hydrogens (tertiary/aromatic N) is 3. The number of pyridine rings is 1. The third-order valence-electron chi connectivity index (χ3n) is 7.01. The van der Waals surface area contributed by atoms with Gasteiger partial charge in [0, 0.05) is 37.3 Å². The molecule has 1 aliphatic carbocycles. The van der Waals surface area contributed by atoms with E-state index in [1.165, 1.54) is 19.3 Å². The fraction of sp³-hybridized carbons (Fsp3) is 0.696. The van der Waals surface area contributed by atoms with E-state index in [1.807, 2.05) is 31.0 Å². The molecule has 1 spiro atoms. The zero-order valence-corrected chi connectivity index (χ0v) is 17.8. The van der Waals surface area contributed by atoms with Crippen molar-refractivity contribution in [3.8, 4) is 0 Å². The number of carbonyl (C=O) groups is 2. The van der Waals surface area contributed by atoms with Gasteiger partial charge >= 0.3 is 5.97 Å². The van der Waals surface area contributed by atoms with Crippen molar-refractivity contribution < 1.29 is 14.3 Å². The Morgan fingerprint density at radius 1 is 1.24 bits per heavy atom. The number of hydrogen-bond donors (Lipinski definition) is 0. The molecule has 4 rings (SSSR count). The lowest BCUT2D eigenvalue weighted by atomic mass is 9.75. The van der Waals surface area contributed by atoms with E-state index in [1.54, 1.807) is 0 Å². The van der Waals surface area contributed by atoms with Crippen molar-refractivity contribution in [2.45, 2.75) is 63.9 Å². The molecular weight excluding hydrogens is 366 g/mol. The first-order valence-corrected chi connectivity index (χ1v) is 11.2. The third kappa shape index (κ3) is 4.04. The Morgan fingerprint density at radius 2 is 1.97 bits per heavy atom. The van der Waals surface area contributed by atoms with Crippen molar-refractivity contribution in [3.05, 3.63) is 29.1 Å². The molecule has 6 nitrogen and oxygen atoms in total. The number of fused-ring (bicyclic) bond motifs is 2. The number of hydrogen-bond acceptors (Lipinski definition) is 5. The number of carbonyl (C=O) groups excluding carboxylic acids is 2. The molecule has 158 valence electrons. The molecule has 0 bridgehead atoms. The predicted molar refractivity (Wildman–Crippen MR) is 111 cm³/mol. The first-order chi connectivity index (χ1) is 14.0. The van der Waals surface area contributed by atoms with Crippen LogP contribution in [0.25, 0.3) is 0 Å². The van der Waals surface area contributed by atoms with Crippen molar-refractivity contribution in [2.75, 3.05) is 33.2 Å². The lowest BCUT2D eigenvalue weighted by Gasteiger charge is -2.37. The van der Waals surface area contributed by atoms with Crippen molar-refractivity contribution >= 4 is 11.9 Å². The molecule has 6 heteroatoms. The van der Waals surface area contributed by atoms with Crippen LogP contribution < -0.4 is 0 Å². The summed E-state index contributed by atoms with van der Waals surface area (Å²) in [4.78, 5) is 34.2. The lowest BCUT2D eigenvalue weighted by molar-refractivity contribution is -0.137. The quantitative estimate of drug-likeness (QED) is 0.712. The molecule has 1 saturated carbocycles. The molecule has 0 N–H and O–H groups in total. The van der Waals surface area contributed by atoms with E-state index in [4.69, 9.17) is 4.74 Å². The summed E-state index contributed by atoms with van der Waals surface area (Å²) in [6, 6.07) is 4.01. The number of amides is 1.